The highest BCUT2D eigenvalue weighted by atomic mass is 79.9. The topological polar surface area (TPSA) is 20.3 Å². The number of likely N-dealkylation sites (tertiary alicyclic amines) is 1. The lowest BCUT2D eigenvalue weighted by Gasteiger charge is -2.31. The molecule has 1 heterocycles. The summed E-state index contributed by atoms with van der Waals surface area (Å²) in [6.07, 6.45) is 1.83. The minimum atomic E-state index is 0.213. The molecule has 1 aliphatic heterocycles. The second-order valence-corrected chi connectivity index (χ2v) is 7.19. The molecule has 0 aromatic carbocycles. The molecule has 0 bridgehead atoms. The maximum absolute atomic E-state index is 12.3. The van der Waals surface area contributed by atoms with Gasteiger partial charge in [0.25, 0.3) is 0 Å². The molecule has 0 N–H and O–H groups in total. The fraction of sp³-hybridized carbons (Fsp3) is 0.929. The smallest absolute Gasteiger partial charge is 0.223 e. The number of carbonyl (C=O) groups is 1. The third-order valence-electron chi connectivity index (χ3n) is 4.32. The van der Waals surface area contributed by atoms with Crippen LogP contribution >= 0.6 is 15.9 Å². The van der Waals surface area contributed by atoms with E-state index in [0.29, 0.717) is 30.2 Å². The van der Waals surface area contributed by atoms with Gasteiger partial charge in [0.1, 0.15) is 0 Å². The first kappa shape index (κ1) is 15.0. The van der Waals surface area contributed by atoms with Gasteiger partial charge in [0.05, 0.1) is 0 Å². The van der Waals surface area contributed by atoms with Gasteiger partial charge < -0.3 is 4.90 Å². The molecule has 0 saturated carbocycles. The standard InChI is InChI=1S/C14H26BrNO/c1-10-6-7-16(12(10)9-15)13(17)8-11(2)14(3,4)5/h10-12H,6-9H2,1-5H3. The van der Waals surface area contributed by atoms with E-state index in [0.717, 1.165) is 18.3 Å². The van der Waals surface area contributed by atoms with Crippen LogP contribution in [0.2, 0.25) is 0 Å². The molecular weight excluding hydrogens is 278 g/mol. The van der Waals surface area contributed by atoms with Crippen molar-refractivity contribution in [1.82, 2.24) is 4.90 Å². The van der Waals surface area contributed by atoms with E-state index in [2.05, 4.69) is 55.4 Å². The van der Waals surface area contributed by atoms with Crippen molar-refractivity contribution >= 4 is 21.8 Å². The lowest BCUT2D eigenvalue weighted by Crippen LogP contribution is -2.40. The van der Waals surface area contributed by atoms with Crippen LogP contribution in [0.4, 0.5) is 0 Å². The van der Waals surface area contributed by atoms with Gasteiger partial charge in [-0.3, -0.25) is 4.79 Å². The summed E-state index contributed by atoms with van der Waals surface area (Å²) in [6.45, 7) is 12.0. The molecule has 0 spiro atoms. The van der Waals surface area contributed by atoms with Crippen LogP contribution in [0.15, 0.2) is 0 Å². The molecule has 2 nitrogen and oxygen atoms in total. The van der Waals surface area contributed by atoms with Gasteiger partial charge in [-0.1, -0.05) is 50.5 Å². The minimum absolute atomic E-state index is 0.213. The second-order valence-electron chi connectivity index (χ2n) is 6.55. The highest BCUT2D eigenvalue weighted by Crippen LogP contribution is 2.31. The molecule has 3 atom stereocenters. The molecule has 1 saturated heterocycles. The van der Waals surface area contributed by atoms with Crippen molar-refractivity contribution in [2.24, 2.45) is 17.3 Å². The Kier molecular flexibility index (Phi) is 5.06. The van der Waals surface area contributed by atoms with Crippen LogP contribution in [0.5, 0.6) is 0 Å². The second kappa shape index (κ2) is 5.73. The van der Waals surface area contributed by atoms with Crippen LogP contribution in [0.25, 0.3) is 0 Å². The van der Waals surface area contributed by atoms with Crippen molar-refractivity contribution < 1.29 is 4.79 Å². The average Bonchev–Trinajstić information content (AvgIpc) is 2.57. The van der Waals surface area contributed by atoms with Gasteiger partial charge in [-0.2, -0.15) is 0 Å². The predicted octanol–water partition coefficient (Wildman–Crippen LogP) is 3.69. The molecule has 17 heavy (non-hydrogen) atoms. The van der Waals surface area contributed by atoms with Crippen LogP contribution in [0.3, 0.4) is 0 Å². The van der Waals surface area contributed by atoms with E-state index < -0.39 is 0 Å². The van der Waals surface area contributed by atoms with Crippen LogP contribution in [-0.4, -0.2) is 28.7 Å². The SMILES string of the molecule is CC1CCN(C(=O)CC(C)C(C)(C)C)C1CBr. The molecular formula is C14H26BrNO. The van der Waals surface area contributed by atoms with Crippen LogP contribution < -0.4 is 0 Å². The third-order valence-corrected chi connectivity index (χ3v) is 4.98. The fourth-order valence-corrected chi connectivity index (χ4v) is 3.23. The number of hydrogen-bond acceptors (Lipinski definition) is 1. The van der Waals surface area contributed by atoms with Crippen LogP contribution in [0, 0.1) is 17.3 Å². The summed E-state index contributed by atoms with van der Waals surface area (Å²) < 4.78 is 0. The summed E-state index contributed by atoms with van der Waals surface area (Å²) in [5.74, 6) is 1.39. The predicted molar refractivity (Wildman–Crippen MR) is 76.3 cm³/mol. The van der Waals surface area contributed by atoms with E-state index in [-0.39, 0.29) is 5.41 Å². The first-order valence-electron chi connectivity index (χ1n) is 6.62. The van der Waals surface area contributed by atoms with Gasteiger partial charge in [-0.05, 0) is 23.7 Å². The summed E-state index contributed by atoms with van der Waals surface area (Å²) in [5.41, 5.74) is 0.213. The number of hydrogen-bond donors (Lipinski definition) is 0. The van der Waals surface area contributed by atoms with Gasteiger partial charge in [0.2, 0.25) is 5.91 Å². The van der Waals surface area contributed by atoms with Gasteiger partial charge in [0.15, 0.2) is 0 Å². The zero-order chi connectivity index (χ0) is 13.2. The Hall–Kier alpha value is -0.0500. The molecule has 3 unspecified atom stereocenters. The van der Waals surface area contributed by atoms with Gasteiger partial charge in [-0.25, -0.2) is 0 Å². The Labute approximate surface area is 114 Å². The molecule has 0 aliphatic carbocycles. The monoisotopic (exact) mass is 303 g/mol. The fourth-order valence-electron chi connectivity index (χ4n) is 2.24. The number of rotatable bonds is 3. The van der Waals surface area contributed by atoms with E-state index in [4.69, 9.17) is 0 Å². The molecule has 0 radical (unpaired) electrons. The van der Waals surface area contributed by atoms with Crippen molar-refractivity contribution in [2.75, 3.05) is 11.9 Å². The first-order chi connectivity index (χ1) is 7.77. The van der Waals surface area contributed by atoms with E-state index in [1.807, 2.05) is 0 Å². The van der Waals surface area contributed by atoms with E-state index in [9.17, 15) is 4.79 Å². The zero-order valence-electron chi connectivity index (χ0n) is 11.8. The molecule has 0 aromatic rings. The molecule has 1 fully saturated rings. The highest BCUT2D eigenvalue weighted by Gasteiger charge is 2.34. The van der Waals surface area contributed by atoms with Gasteiger partial charge in [-0.15, -0.1) is 0 Å². The Bertz CT molecular complexity index is 272. The van der Waals surface area contributed by atoms with Gasteiger partial charge >= 0.3 is 0 Å². The van der Waals surface area contributed by atoms with Crippen molar-refractivity contribution in [3.8, 4) is 0 Å². The summed E-state index contributed by atoms with van der Waals surface area (Å²) in [5, 5.41) is 0.907. The van der Waals surface area contributed by atoms with E-state index >= 15 is 0 Å². The average molecular weight is 304 g/mol. The van der Waals surface area contributed by atoms with Crippen LogP contribution in [0.1, 0.15) is 47.5 Å². The number of carbonyl (C=O) groups excluding carboxylic acids is 1. The molecule has 0 aromatic heterocycles. The Balaban J connectivity index is 2.59. The molecule has 1 aliphatic rings. The normalized spacial score (nSPS) is 27.3. The molecule has 3 heteroatoms. The lowest BCUT2D eigenvalue weighted by molar-refractivity contribution is -0.133. The van der Waals surface area contributed by atoms with Gasteiger partial charge in [0, 0.05) is 24.3 Å². The zero-order valence-corrected chi connectivity index (χ0v) is 13.4. The van der Waals surface area contributed by atoms with E-state index in [1.165, 1.54) is 0 Å². The highest BCUT2D eigenvalue weighted by molar-refractivity contribution is 9.09. The quantitative estimate of drug-likeness (QED) is 0.728. The van der Waals surface area contributed by atoms with Crippen molar-refractivity contribution in [2.45, 2.75) is 53.5 Å². The summed E-state index contributed by atoms with van der Waals surface area (Å²) >= 11 is 3.54. The summed E-state index contributed by atoms with van der Waals surface area (Å²) in [6, 6.07) is 0.398. The first-order valence-corrected chi connectivity index (χ1v) is 7.75. The van der Waals surface area contributed by atoms with E-state index in [1.54, 1.807) is 0 Å². The van der Waals surface area contributed by atoms with Crippen molar-refractivity contribution in [3.05, 3.63) is 0 Å². The summed E-state index contributed by atoms with van der Waals surface area (Å²) in [4.78, 5) is 14.4. The molecule has 1 amide bonds. The largest absolute Gasteiger partial charge is 0.339 e. The Morgan fingerprint density at radius 3 is 2.53 bits per heavy atom. The lowest BCUT2D eigenvalue weighted by atomic mass is 9.80. The van der Waals surface area contributed by atoms with Crippen molar-refractivity contribution in [1.29, 1.82) is 0 Å². The van der Waals surface area contributed by atoms with Crippen molar-refractivity contribution in [3.63, 3.8) is 0 Å². The number of halogens is 1. The maximum atomic E-state index is 12.3. The number of amides is 1. The third kappa shape index (κ3) is 3.70. The number of alkyl halides is 1. The maximum Gasteiger partial charge on any atom is 0.223 e. The Morgan fingerprint density at radius 2 is 2.06 bits per heavy atom. The molecule has 1 rings (SSSR count). The summed E-state index contributed by atoms with van der Waals surface area (Å²) in [7, 11) is 0. The Morgan fingerprint density at radius 1 is 1.47 bits per heavy atom. The number of nitrogens with zero attached hydrogens (tertiary/aromatic N) is 1. The molecule has 100 valence electrons. The minimum Gasteiger partial charge on any atom is -0.339 e. The van der Waals surface area contributed by atoms with Crippen LogP contribution in [-0.2, 0) is 4.79 Å².